The number of esters is 1. The Kier molecular flexibility index (Phi) is 6.78. The number of hydrogen-bond donors (Lipinski definition) is 2. The highest BCUT2D eigenvalue weighted by molar-refractivity contribution is 6.36. The maximum atomic E-state index is 13.4. The van der Waals surface area contributed by atoms with Crippen molar-refractivity contribution in [3.63, 3.8) is 0 Å². The van der Waals surface area contributed by atoms with Crippen LogP contribution in [-0.4, -0.2) is 30.1 Å². The normalized spacial score (nSPS) is 11.8. The molecule has 0 radical (unpaired) electrons. The highest BCUT2D eigenvalue weighted by Gasteiger charge is 2.23. The number of hydrogen-bond acceptors (Lipinski definition) is 4. The largest absolute Gasteiger partial charge is 0.449 e. The van der Waals surface area contributed by atoms with E-state index in [1.165, 1.54) is 6.92 Å². The topological polar surface area (TPSA) is 84.5 Å². The molecule has 3 amide bonds. The van der Waals surface area contributed by atoms with Crippen molar-refractivity contribution in [3.8, 4) is 0 Å². The highest BCUT2D eigenvalue weighted by Crippen LogP contribution is 2.25. The summed E-state index contributed by atoms with van der Waals surface area (Å²) >= 11 is 11.3. The lowest BCUT2D eigenvalue weighted by molar-refractivity contribution is -0.127. The van der Waals surface area contributed by atoms with Crippen LogP contribution >= 0.6 is 23.2 Å². The molecule has 126 valence electrons. The van der Waals surface area contributed by atoms with Gasteiger partial charge in [0.1, 0.15) is 5.82 Å². The number of urea groups is 1. The summed E-state index contributed by atoms with van der Waals surface area (Å²) in [6.07, 6.45) is -1.28. The summed E-state index contributed by atoms with van der Waals surface area (Å²) < 4.78 is 18.2. The summed E-state index contributed by atoms with van der Waals surface area (Å²) in [6.45, 7) is 4.69. The van der Waals surface area contributed by atoms with E-state index in [0.717, 1.165) is 12.1 Å². The van der Waals surface area contributed by atoms with E-state index in [2.05, 4.69) is 5.32 Å². The summed E-state index contributed by atoms with van der Waals surface area (Å²) in [7, 11) is 0. The summed E-state index contributed by atoms with van der Waals surface area (Å²) in [4.78, 5) is 35.0. The van der Waals surface area contributed by atoms with Crippen LogP contribution in [0, 0.1) is 5.82 Å². The maximum absolute atomic E-state index is 13.4. The maximum Gasteiger partial charge on any atom is 0.340 e. The third kappa shape index (κ3) is 5.69. The van der Waals surface area contributed by atoms with E-state index in [1.807, 2.05) is 5.32 Å². The quantitative estimate of drug-likeness (QED) is 0.635. The van der Waals surface area contributed by atoms with Gasteiger partial charge in [0, 0.05) is 6.04 Å². The molecule has 0 spiro atoms. The Morgan fingerprint density at radius 1 is 1.13 bits per heavy atom. The molecule has 2 N–H and O–H groups in total. The molecule has 1 rings (SSSR count). The van der Waals surface area contributed by atoms with E-state index in [0.29, 0.717) is 0 Å². The van der Waals surface area contributed by atoms with Crippen LogP contribution < -0.4 is 10.6 Å². The number of rotatable bonds is 4. The number of halogens is 3. The fraction of sp³-hybridized carbons (Fsp3) is 0.357. The van der Waals surface area contributed by atoms with Crippen LogP contribution in [0.2, 0.25) is 10.0 Å². The summed E-state index contributed by atoms with van der Waals surface area (Å²) in [5.74, 6) is -2.70. The van der Waals surface area contributed by atoms with Gasteiger partial charge in [0.05, 0.1) is 15.6 Å². The Hall–Kier alpha value is -1.86. The van der Waals surface area contributed by atoms with Crippen LogP contribution in [0.3, 0.4) is 0 Å². The van der Waals surface area contributed by atoms with Crippen molar-refractivity contribution in [2.24, 2.45) is 0 Å². The van der Waals surface area contributed by atoms with Crippen molar-refractivity contribution in [3.05, 3.63) is 33.6 Å². The van der Waals surface area contributed by atoms with Gasteiger partial charge in [-0.15, -0.1) is 0 Å². The van der Waals surface area contributed by atoms with Gasteiger partial charge in [-0.1, -0.05) is 23.2 Å². The van der Waals surface area contributed by atoms with Gasteiger partial charge < -0.3 is 10.1 Å². The molecule has 0 aliphatic rings. The molecule has 0 unspecified atom stereocenters. The molecule has 0 aromatic heterocycles. The average Bonchev–Trinajstić information content (AvgIpc) is 2.41. The molecule has 0 aliphatic heterocycles. The van der Waals surface area contributed by atoms with E-state index in [4.69, 9.17) is 27.9 Å². The third-order valence-electron chi connectivity index (χ3n) is 2.54. The first-order chi connectivity index (χ1) is 10.6. The number of nitrogens with one attached hydrogen (secondary N) is 2. The Morgan fingerprint density at radius 2 is 1.74 bits per heavy atom. The number of benzene rings is 1. The van der Waals surface area contributed by atoms with Gasteiger partial charge in [-0.05, 0) is 32.9 Å². The molecular weight excluding hydrogens is 350 g/mol. The van der Waals surface area contributed by atoms with Crippen molar-refractivity contribution in [2.75, 3.05) is 0 Å². The van der Waals surface area contributed by atoms with Gasteiger partial charge in [-0.3, -0.25) is 10.1 Å². The van der Waals surface area contributed by atoms with Crippen LogP contribution in [0.5, 0.6) is 0 Å². The summed E-state index contributed by atoms with van der Waals surface area (Å²) in [5.41, 5.74) is -0.278. The third-order valence-corrected chi connectivity index (χ3v) is 3.14. The highest BCUT2D eigenvalue weighted by atomic mass is 35.5. The van der Waals surface area contributed by atoms with Gasteiger partial charge >= 0.3 is 12.0 Å². The molecule has 1 aromatic carbocycles. The first-order valence-electron chi connectivity index (χ1n) is 6.58. The minimum Gasteiger partial charge on any atom is -0.449 e. The predicted octanol–water partition coefficient (Wildman–Crippen LogP) is 2.91. The molecule has 0 bridgehead atoms. The Balaban J connectivity index is 2.72. The number of carbonyl (C=O) groups excluding carboxylic acids is 3. The predicted molar refractivity (Wildman–Crippen MR) is 83.1 cm³/mol. The van der Waals surface area contributed by atoms with Crippen molar-refractivity contribution in [2.45, 2.75) is 32.9 Å². The fourth-order valence-electron chi connectivity index (χ4n) is 1.47. The van der Waals surface area contributed by atoms with Crippen molar-refractivity contribution < 1.29 is 23.5 Å². The van der Waals surface area contributed by atoms with Gasteiger partial charge in [-0.25, -0.2) is 14.0 Å². The van der Waals surface area contributed by atoms with E-state index < -0.39 is 29.8 Å². The summed E-state index contributed by atoms with van der Waals surface area (Å²) in [5, 5.41) is 4.08. The minimum absolute atomic E-state index is 0.119. The Bertz CT molecular complexity index is 637. The zero-order valence-corrected chi connectivity index (χ0v) is 14.1. The summed E-state index contributed by atoms with van der Waals surface area (Å²) in [6, 6.07) is 0.971. The molecule has 0 heterocycles. The molecule has 1 aromatic rings. The second-order valence-corrected chi connectivity index (χ2v) is 5.73. The zero-order chi connectivity index (χ0) is 17.7. The van der Waals surface area contributed by atoms with Crippen LogP contribution in [0.25, 0.3) is 0 Å². The van der Waals surface area contributed by atoms with Crippen LogP contribution in [-0.2, 0) is 9.53 Å². The Labute approximate surface area is 142 Å². The zero-order valence-electron chi connectivity index (χ0n) is 12.6. The lowest BCUT2D eigenvalue weighted by Crippen LogP contribution is -2.46. The van der Waals surface area contributed by atoms with Gasteiger partial charge in [0.15, 0.2) is 6.10 Å². The van der Waals surface area contributed by atoms with Crippen molar-refractivity contribution in [1.29, 1.82) is 0 Å². The van der Waals surface area contributed by atoms with Crippen LogP contribution in [0.1, 0.15) is 31.1 Å². The smallest absolute Gasteiger partial charge is 0.340 e. The van der Waals surface area contributed by atoms with Gasteiger partial charge in [0.25, 0.3) is 5.91 Å². The fourth-order valence-corrected chi connectivity index (χ4v) is 1.93. The first kappa shape index (κ1) is 19.2. The molecule has 0 saturated heterocycles. The van der Waals surface area contributed by atoms with E-state index >= 15 is 0 Å². The number of carbonyl (C=O) groups is 3. The molecular formula is C14H15Cl2FN2O4. The standard InChI is InChI=1S/C14H15Cl2FN2O4/c1-6(2)18-14(22)19-12(20)7(3)23-13(21)8-4-11(17)10(16)5-9(8)15/h4-7H,1-3H3,(H2,18,19,20,22)/t7-/m0/s1. The van der Waals surface area contributed by atoms with Crippen molar-refractivity contribution >= 4 is 41.1 Å². The van der Waals surface area contributed by atoms with E-state index in [-0.39, 0.29) is 21.7 Å². The minimum atomic E-state index is -1.28. The molecule has 23 heavy (non-hydrogen) atoms. The molecule has 1 atom stereocenters. The molecule has 9 heteroatoms. The lowest BCUT2D eigenvalue weighted by atomic mass is 10.2. The van der Waals surface area contributed by atoms with E-state index in [9.17, 15) is 18.8 Å². The van der Waals surface area contributed by atoms with Crippen LogP contribution in [0.4, 0.5) is 9.18 Å². The molecule has 0 aliphatic carbocycles. The second kappa shape index (κ2) is 8.12. The van der Waals surface area contributed by atoms with Gasteiger partial charge in [-0.2, -0.15) is 0 Å². The second-order valence-electron chi connectivity index (χ2n) is 4.91. The van der Waals surface area contributed by atoms with Crippen LogP contribution in [0.15, 0.2) is 12.1 Å². The number of ether oxygens (including phenoxy) is 1. The molecule has 0 fully saturated rings. The lowest BCUT2D eigenvalue weighted by Gasteiger charge is -2.15. The Morgan fingerprint density at radius 3 is 2.30 bits per heavy atom. The number of amides is 3. The van der Waals surface area contributed by atoms with Crippen molar-refractivity contribution in [1.82, 2.24) is 10.6 Å². The monoisotopic (exact) mass is 364 g/mol. The SMILES string of the molecule is CC(C)NC(=O)NC(=O)[C@H](C)OC(=O)c1cc(F)c(Cl)cc1Cl. The average molecular weight is 365 g/mol. The van der Waals surface area contributed by atoms with E-state index in [1.54, 1.807) is 13.8 Å². The first-order valence-corrected chi connectivity index (χ1v) is 7.34. The molecule has 6 nitrogen and oxygen atoms in total. The number of imide groups is 1. The van der Waals surface area contributed by atoms with Gasteiger partial charge in [0.2, 0.25) is 0 Å². The molecule has 0 saturated carbocycles.